The van der Waals surface area contributed by atoms with Gasteiger partial charge in [-0.25, -0.2) is 13.8 Å². The van der Waals surface area contributed by atoms with Crippen LogP contribution in [0.15, 0.2) is 87.5 Å². The van der Waals surface area contributed by atoms with E-state index in [1.165, 1.54) is 24.4 Å². The van der Waals surface area contributed by atoms with Crippen LogP contribution in [0.5, 0.6) is 5.75 Å². The predicted octanol–water partition coefficient (Wildman–Crippen LogP) is 4.17. The molecule has 1 aromatic heterocycles. The number of sulfonamides is 1. The van der Waals surface area contributed by atoms with Gasteiger partial charge in [-0.15, -0.1) is 11.3 Å². The van der Waals surface area contributed by atoms with E-state index in [-0.39, 0.29) is 21.2 Å². The number of fused-ring (bicyclic) bond motifs is 1. The van der Waals surface area contributed by atoms with E-state index < -0.39 is 15.9 Å². The van der Waals surface area contributed by atoms with Crippen LogP contribution in [-0.2, 0) is 10.0 Å². The molecule has 0 bridgehead atoms. The van der Waals surface area contributed by atoms with Gasteiger partial charge >= 0.3 is 0 Å². The Morgan fingerprint density at radius 3 is 2.55 bits per heavy atom. The molecule has 4 rings (SSSR count). The highest BCUT2D eigenvalue weighted by atomic mass is 32.2. The van der Waals surface area contributed by atoms with Crippen LogP contribution in [0.25, 0.3) is 10.8 Å². The van der Waals surface area contributed by atoms with Crippen molar-refractivity contribution in [3.63, 3.8) is 0 Å². The lowest BCUT2D eigenvalue weighted by atomic mass is 10.0. The Bertz CT molecular complexity index is 1380. The smallest absolute Gasteiger partial charge is 0.273 e. The molecule has 31 heavy (non-hydrogen) atoms. The zero-order valence-corrected chi connectivity index (χ0v) is 17.7. The summed E-state index contributed by atoms with van der Waals surface area (Å²) >= 11 is 1.08. The molecule has 4 aromatic rings. The lowest BCUT2D eigenvalue weighted by Crippen LogP contribution is -2.21. The summed E-state index contributed by atoms with van der Waals surface area (Å²) in [5.41, 5.74) is 3.10. The molecule has 9 heteroatoms. The first-order valence-corrected chi connectivity index (χ1v) is 11.5. The topological polar surface area (TPSA) is 108 Å². The molecule has 3 N–H and O–H groups in total. The van der Waals surface area contributed by atoms with Crippen LogP contribution in [0.1, 0.15) is 15.9 Å². The highest BCUT2D eigenvalue weighted by Gasteiger charge is 2.19. The number of hydrogen-bond donors (Lipinski definition) is 3. The van der Waals surface area contributed by atoms with Crippen LogP contribution in [-0.4, -0.2) is 25.6 Å². The predicted molar refractivity (Wildman–Crippen MR) is 122 cm³/mol. The van der Waals surface area contributed by atoms with Gasteiger partial charge < -0.3 is 5.11 Å². The number of nitrogens with one attached hydrogen (secondary N) is 2. The first kappa shape index (κ1) is 20.6. The van der Waals surface area contributed by atoms with E-state index in [4.69, 9.17) is 0 Å². The van der Waals surface area contributed by atoms with E-state index >= 15 is 0 Å². The Kier molecular flexibility index (Phi) is 5.70. The fourth-order valence-electron chi connectivity index (χ4n) is 3.02. The fraction of sp³-hybridized carbons (Fsp3) is 0. The summed E-state index contributed by atoms with van der Waals surface area (Å²) < 4.78 is 27.6. The average Bonchev–Trinajstić information content (AvgIpc) is 3.31. The third-order valence-corrected chi connectivity index (χ3v) is 7.25. The van der Waals surface area contributed by atoms with Crippen molar-refractivity contribution in [3.8, 4) is 5.75 Å². The minimum atomic E-state index is -3.80. The number of thiophene rings is 1. The Morgan fingerprint density at radius 1 is 0.968 bits per heavy atom. The maximum atomic E-state index is 12.7. The molecule has 0 aliphatic carbocycles. The largest absolute Gasteiger partial charge is 0.507 e. The van der Waals surface area contributed by atoms with Crippen molar-refractivity contribution >= 4 is 49.9 Å². The number of amides is 1. The van der Waals surface area contributed by atoms with E-state index in [9.17, 15) is 18.3 Å². The van der Waals surface area contributed by atoms with Crippen LogP contribution >= 0.6 is 11.3 Å². The van der Waals surface area contributed by atoms with Crippen molar-refractivity contribution in [2.24, 2.45) is 5.10 Å². The Hall–Kier alpha value is -3.69. The zero-order chi connectivity index (χ0) is 21.8. The molecule has 3 aromatic carbocycles. The summed E-state index contributed by atoms with van der Waals surface area (Å²) in [4.78, 5) is 12.7. The highest BCUT2D eigenvalue weighted by Crippen LogP contribution is 2.26. The molecule has 7 nitrogen and oxygen atoms in total. The molecule has 0 radical (unpaired) electrons. The van der Waals surface area contributed by atoms with E-state index in [2.05, 4.69) is 15.2 Å². The van der Waals surface area contributed by atoms with Gasteiger partial charge in [0, 0.05) is 5.56 Å². The average molecular weight is 452 g/mol. The van der Waals surface area contributed by atoms with Gasteiger partial charge in [-0.05, 0) is 40.4 Å². The quantitative estimate of drug-likeness (QED) is 0.302. The number of nitrogens with zero attached hydrogens (tertiary/aromatic N) is 1. The number of benzene rings is 3. The number of phenolic OH excluding ortho intramolecular Hbond substituents is 1. The number of carbonyl (C=O) groups excluding carboxylic acids is 1. The van der Waals surface area contributed by atoms with Gasteiger partial charge in [0.1, 0.15) is 9.96 Å². The van der Waals surface area contributed by atoms with Gasteiger partial charge in [0.2, 0.25) is 0 Å². The van der Waals surface area contributed by atoms with Crippen molar-refractivity contribution in [2.75, 3.05) is 4.72 Å². The first-order valence-electron chi connectivity index (χ1n) is 9.15. The maximum Gasteiger partial charge on any atom is 0.273 e. The number of rotatable bonds is 6. The van der Waals surface area contributed by atoms with E-state index in [1.807, 2.05) is 24.3 Å². The summed E-state index contributed by atoms with van der Waals surface area (Å²) in [5.74, 6) is -0.568. The lowest BCUT2D eigenvalue weighted by molar-refractivity contribution is 0.0956. The maximum absolute atomic E-state index is 12.7. The zero-order valence-electron chi connectivity index (χ0n) is 16.0. The third-order valence-electron chi connectivity index (χ3n) is 4.48. The van der Waals surface area contributed by atoms with Crippen molar-refractivity contribution < 1.29 is 18.3 Å². The Balaban J connectivity index is 1.56. The molecule has 1 heterocycles. The minimum absolute atomic E-state index is 0.0285. The number of carbonyl (C=O) groups is 1. The third kappa shape index (κ3) is 4.42. The number of hydrazone groups is 1. The van der Waals surface area contributed by atoms with Crippen molar-refractivity contribution in [3.05, 3.63) is 89.3 Å². The summed E-state index contributed by atoms with van der Waals surface area (Å²) in [7, 11) is -3.80. The first-order chi connectivity index (χ1) is 15.0. The van der Waals surface area contributed by atoms with Crippen LogP contribution in [0, 0.1) is 0 Å². The molecular weight excluding hydrogens is 434 g/mol. The number of anilines is 1. The molecule has 156 valence electrons. The lowest BCUT2D eigenvalue weighted by Gasteiger charge is -2.10. The second-order valence-corrected chi connectivity index (χ2v) is 9.36. The molecule has 0 aliphatic heterocycles. The Morgan fingerprint density at radius 2 is 1.74 bits per heavy atom. The molecule has 0 unspecified atom stereocenters. The normalized spacial score (nSPS) is 11.6. The standard InChI is InChI=1S/C22H17N3O4S2/c26-20-12-11-15-6-1-2-7-16(15)18(20)14-23-24-22(27)17-8-3-4-9-19(17)25-31(28,29)21-10-5-13-30-21/h1-14,25-26H,(H,24,27)/b23-14-. The monoisotopic (exact) mass is 451 g/mol. The molecular formula is C22H17N3O4S2. The molecule has 0 atom stereocenters. The molecule has 0 aliphatic rings. The van der Waals surface area contributed by atoms with Crippen LogP contribution in [0.3, 0.4) is 0 Å². The molecule has 0 fully saturated rings. The fourth-order valence-corrected chi connectivity index (χ4v) is 5.09. The SMILES string of the molecule is O=C(N/N=C\c1c(O)ccc2ccccc12)c1ccccc1NS(=O)(=O)c1cccs1. The number of phenols is 1. The summed E-state index contributed by atoms with van der Waals surface area (Å²) in [6, 6.07) is 20.2. The Labute approximate surface area is 182 Å². The van der Waals surface area contributed by atoms with Gasteiger partial charge in [0.15, 0.2) is 0 Å². The number of para-hydroxylation sites is 1. The van der Waals surface area contributed by atoms with Crippen LogP contribution < -0.4 is 10.1 Å². The summed E-state index contributed by atoms with van der Waals surface area (Å²) in [6.07, 6.45) is 1.36. The molecule has 0 spiro atoms. The second-order valence-electron chi connectivity index (χ2n) is 6.50. The second kappa shape index (κ2) is 8.58. The van der Waals surface area contributed by atoms with Crippen LogP contribution in [0.4, 0.5) is 5.69 Å². The molecule has 0 saturated heterocycles. The van der Waals surface area contributed by atoms with Gasteiger partial charge in [-0.2, -0.15) is 5.10 Å². The van der Waals surface area contributed by atoms with Crippen molar-refractivity contribution in [1.82, 2.24) is 5.43 Å². The summed E-state index contributed by atoms with van der Waals surface area (Å²) in [6.45, 7) is 0. The van der Waals surface area contributed by atoms with E-state index in [1.54, 1.807) is 35.7 Å². The van der Waals surface area contributed by atoms with Gasteiger partial charge in [-0.3, -0.25) is 9.52 Å². The number of aromatic hydroxyl groups is 1. The minimum Gasteiger partial charge on any atom is -0.507 e. The molecule has 0 saturated carbocycles. The number of hydrogen-bond acceptors (Lipinski definition) is 6. The molecule has 1 amide bonds. The van der Waals surface area contributed by atoms with Crippen molar-refractivity contribution in [2.45, 2.75) is 4.21 Å². The van der Waals surface area contributed by atoms with E-state index in [0.29, 0.717) is 5.56 Å². The highest BCUT2D eigenvalue weighted by molar-refractivity contribution is 7.94. The van der Waals surface area contributed by atoms with Crippen molar-refractivity contribution in [1.29, 1.82) is 0 Å². The van der Waals surface area contributed by atoms with Gasteiger partial charge in [0.05, 0.1) is 17.5 Å². The summed E-state index contributed by atoms with van der Waals surface area (Å²) in [5, 5.41) is 17.5. The van der Waals surface area contributed by atoms with Gasteiger partial charge in [0.25, 0.3) is 15.9 Å². The van der Waals surface area contributed by atoms with Gasteiger partial charge in [-0.1, -0.05) is 48.5 Å². The van der Waals surface area contributed by atoms with E-state index in [0.717, 1.165) is 22.1 Å². The van der Waals surface area contributed by atoms with Crippen LogP contribution in [0.2, 0.25) is 0 Å².